The van der Waals surface area contributed by atoms with E-state index in [4.69, 9.17) is 16.3 Å². The van der Waals surface area contributed by atoms with Gasteiger partial charge in [-0.3, -0.25) is 10.1 Å². The quantitative estimate of drug-likeness (QED) is 0.410. The molecule has 1 aromatic rings. The highest BCUT2D eigenvalue weighted by Crippen LogP contribution is 2.35. The van der Waals surface area contributed by atoms with Gasteiger partial charge in [0, 0.05) is 19.2 Å². The van der Waals surface area contributed by atoms with E-state index in [1.807, 2.05) is 0 Å². The summed E-state index contributed by atoms with van der Waals surface area (Å²) in [5.41, 5.74) is -1.12. The smallest absolute Gasteiger partial charge is 0.410 e. The molecule has 10 nitrogen and oxygen atoms in total. The summed E-state index contributed by atoms with van der Waals surface area (Å²) in [6.45, 7) is 5.02. The van der Waals surface area contributed by atoms with Crippen molar-refractivity contribution < 1.29 is 24.4 Å². The standard InChI is InChI=1S/C15H18BrClN4O6/c1-15(2,3)27-14(24)19-4-5-20(10(7-19)13(22)23)12-9(21(25)26)6-8(16)11(17)18-12/h6,10H,4-5,7H2,1-3H3,(H,22,23). The second kappa shape index (κ2) is 7.85. The van der Waals surface area contributed by atoms with Crippen molar-refractivity contribution in [1.82, 2.24) is 9.88 Å². The van der Waals surface area contributed by atoms with E-state index in [9.17, 15) is 24.8 Å². The van der Waals surface area contributed by atoms with E-state index in [-0.39, 0.29) is 40.8 Å². The average Bonchev–Trinajstić information content (AvgIpc) is 2.54. The van der Waals surface area contributed by atoms with E-state index < -0.39 is 28.6 Å². The molecule has 148 valence electrons. The van der Waals surface area contributed by atoms with Crippen LogP contribution in [0.2, 0.25) is 5.15 Å². The van der Waals surface area contributed by atoms with Gasteiger partial charge >= 0.3 is 17.7 Å². The Labute approximate surface area is 168 Å². The fourth-order valence-corrected chi connectivity index (χ4v) is 2.97. The summed E-state index contributed by atoms with van der Waals surface area (Å²) in [7, 11) is 0. The number of aliphatic carboxylic acids is 1. The van der Waals surface area contributed by atoms with Crippen LogP contribution in [0.5, 0.6) is 0 Å². The Morgan fingerprint density at radius 3 is 2.59 bits per heavy atom. The lowest BCUT2D eigenvalue weighted by molar-refractivity contribution is -0.384. The van der Waals surface area contributed by atoms with Gasteiger partial charge in [-0.15, -0.1) is 0 Å². The number of nitro groups is 1. The van der Waals surface area contributed by atoms with Crippen LogP contribution in [-0.2, 0) is 9.53 Å². The highest BCUT2D eigenvalue weighted by atomic mass is 79.9. The lowest BCUT2D eigenvalue weighted by atomic mass is 10.1. The van der Waals surface area contributed by atoms with Gasteiger partial charge < -0.3 is 19.6 Å². The molecule has 1 atom stereocenters. The normalized spacial score (nSPS) is 17.6. The third-order valence-corrected chi connectivity index (χ3v) is 4.80. The third kappa shape index (κ3) is 4.98. The van der Waals surface area contributed by atoms with Crippen molar-refractivity contribution in [2.24, 2.45) is 0 Å². The van der Waals surface area contributed by atoms with Gasteiger partial charge in [0.1, 0.15) is 16.8 Å². The Kier molecular flexibility index (Phi) is 6.15. The average molecular weight is 466 g/mol. The molecule has 0 saturated carbocycles. The van der Waals surface area contributed by atoms with Crippen molar-refractivity contribution >= 4 is 51.1 Å². The van der Waals surface area contributed by atoms with Crippen molar-refractivity contribution in [2.75, 3.05) is 24.5 Å². The number of carboxylic acid groups (broad SMARTS) is 1. The molecule has 12 heteroatoms. The van der Waals surface area contributed by atoms with Gasteiger partial charge in [-0.25, -0.2) is 14.6 Å². The first-order valence-corrected chi connectivity index (χ1v) is 9.05. The van der Waals surface area contributed by atoms with E-state index in [1.165, 1.54) is 15.9 Å². The summed E-state index contributed by atoms with van der Waals surface area (Å²) in [5.74, 6) is -1.41. The predicted octanol–water partition coefficient (Wildman–Crippen LogP) is 2.92. The van der Waals surface area contributed by atoms with Crippen molar-refractivity contribution in [3.05, 3.63) is 25.8 Å². The van der Waals surface area contributed by atoms with Crippen LogP contribution in [0.3, 0.4) is 0 Å². The highest BCUT2D eigenvalue weighted by molar-refractivity contribution is 9.10. The van der Waals surface area contributed by atoms with Gasteiger partial charge in [0.2, 0.25) is 5.82 Å². The second-order valence-electron chi connectivity index (χ2n) is 6.83. The minimum absolute atomic E-state index is 0.0159. The Morgan fingerprint density at radius 1 is 1.44 bits per heavy atom. The lowest BCUT2D eigenvalue weighted by Gasteiger charge is -2.39. The minimum atomic E-state index is -1.25. The molecule has 1 N–H and O–H groups in total. The summed E-state index contributed by atoms with van der Waals surface area (Å²) in [5, 5.41) is 20.9. The number of aromatic nitrogens is 1. The second-order valence-corrected chi connectivity index (χ2v) is 8.05. The van der Waals surface area contributed by atoms with Gasteiger partial charge in [0.05, 0.1) is 15.9 Å². The molecule has 1 aromatic heterocycles. The molecular weight excluding hydrogens is 448 g/mol. The molecule has 1 aliphatic heterocycles. The van der Waals surface area contributed by atoms with Crippen LogP contribution in [-0.4, -0.2) is 63.3 Å². The largest absolute Gasteiger partial charge is 0.480 e. The Hall–Kier alpha value is -2.14. The zero-order valence-electron chi connectivity index (χ0n) is 14.8. The number of pyridine rings is 1. The SMILES string of the molecule is CC(C)(C)OC(=O)N1CCN(c2nc(Cl)c(Br)cc2[N+](=O)[O-])C(C(=O)O)C1. The maximum atomic E-state index is 12.2. The molecule has 1 amide bonds. The molecule has 0 aliphatic carbocycles. The number of carboxylic acids is 1. The first-order chi connectivity index (χ1) is 12.4. The molecule has 1 fully saturated rings. The number of piperazine rings is 1. The number of amides is 1. The highest BCUT2D eigenvalue weighted by Gasteiger charge is 2.39. The van der Waals surface area contributed by atoms with Crippen LogP contribution >= 0.6 is 27.5 Å². The van der Waals surface area contributed by atoms with Gasteiger partial charge in [-0.2, -0.15) is 0 Å². The van der Waals surface area contributed by atoms with Crippen molar-refractivity contribution in [2.45, 2.75) is 32.4 Å². The summed E-state index contributed by atoms with van der Waals surface area (Å²) in [6.07, 6.45) is -0.648. The molecule has 1 unspecified atom stereocenters. The number of nitrogens with zero attached hydrogens (tertiary/aromatic N) is 4. The molecule has 1 aliphatic rings. The molecule has 2 heterocycles. The number of carbonyl (C=O) groups excluding carboxylic acids is 1. The summed E-state index contributed by atoms with van der Waals surface area (Å²) >= 11 is 9.02. The first kappa shape index (κ1) is 21.2. The van der Waals surface area contributed by atoms with Gasteiger partial charge in [-0.1, -0.05) is 11.6 Å². The molecule has 2 rings (SSSR count). The molecule has 0 radical (unpaired) electrons. The maximum Gasteiger partial charge on any atom is 0.410 e. The molecule has 27 heavy (non-hydrogen) atoms. The number of rotatable bonds is 3. The van der Waals surface area contributed by atoms with Crippen LogP contribution in [0.4, 0.5) is 16.3 Å². The maximum absolute atomic E-state index is 12.2. The molecule has 0 bridgehead atoms. The molecule has 1 saturated heterocycles. The van der Waals surface area contributed by atoms with Crippen LogP contribution in [0.25, 0.3) is 0 Å². The number of ether oxygens (including phenoxy) is 1. The van der Waals surface area contributed by atoms with E-state index in [0.717, 1.165) is 0 Å². The van der Waals surface area contributed by atoms with E-state index in [0.29, 0.717) is 0 Å². The zero-order chi connectivity index (χ0) is 20.5. The summed E-state index contributed by atoms with van der Waals surface area (Å²) in [6, 6.07) is -0.0706. The van der Waals surface area contributed by atoms with E-state index in [1.54, 1.807) is 20.8 Å². The number of carbonyl (C=O) groups is 2. The molecule has 0 aromatic carbocycles. The van der Waals surface area contributed by atoms with Crippen LogP contribution in [0.15, 0.2) is 10.5 Å². The van der Waals surface area contributed by atoms with Crippen LogP contribution < -0.4 is 4.90 Å². The Bertz CT molecular complexity index is 784. The minimum Gasteiger partial charge on any atom is -0.480 e. The fourth-order valence-electron chi connectivity index (χ4n) is 2.53. The fraction of sp³-hybridized carbons (Fsp3) is 0.533. The van der Waals surface area contributed by atoms with Crippen LogP contribution in [0, 0.1) is 10.1 Å². The molecular formula is C15H18BrClN4O6. The Morgan fingerprint density at radius 2 is 2.07 bits per heavy atom. The van der Waals surface area contributed by atoms with E-state index >= 15 is 0 Å². The predicted molar refractivity (Wildman–Crippen MR) is 100 cm³/mol. The van der Waals surface area contributed by atoms with E-state index in [2.05, 4.69) is 20.9 Å². The summed E-state index contributed by atoms with van der Waals surface area (Å²) < 4.78 is 5.49. The van der Waals surface area contributed by atoms with Crippen molar-refractivity contribution in [3.63, 3.8) is 0 Å². The number of halogens is 2. The van der Waals surface area contributed by atoms with Crippen LogP contribution in [0.1, 0.15) is 20.8 Å². The number of hydrogen-bond donors (Lipinski definition) is 1. The van der Waals surface area contributed by atoms with Crippen molar-refractivity contribution in [1.29, 1.82) is 0 Å². The lowest BCUT2D eigenvalue weighted by Crippen LogP contribution is -2.58. The van der Waals surface area contributed by atoms with Gasteiger partial charge in [0.15, 0.2) is 0 Å². The van der Waals surface area contributed by atoms with Gasteiger partial charge in [-0.05, 0) is 36.7 Å². The first-order valence-electron chi connectivity index (χ1n) is 7.88. The third-order valence-electron chi connectivity index (χ3n) is 3.68. The zero-order valence-corrected chi connectivity index (χ0v) is 17.2. The summed E-state index contributed by atoms with van der Waals surface area (Å²) in [4.78, 5) is 41.2. The number of anilines is 1. The van der Waals surface area contributed by atoms with Crippen molar-refractivity contribution in [3.8, 4) is 0 Å². The van der Waals surface area contributed by atoms with Gasteiger partial charge in [0.25, 0.3) is 0 Å². The number of hydrogen-bond acceptors (Lipinski definition) is 7. The monoisotopic (exact) mass is 464 g/mol. The topological polar surface area (TPSA) is 126 Å². The Balaban J connectivity index is 2.35. The molecule has 0 spiro atoms.